The molecule has 9 nitrogen and oxygen atoms in total. The summed E-state index contributed by atoms with van der Waals surface area (Å²) in [5.41, 5.74) is -0.496. The molecule has 0 saturated carbocycles. The summed E-state index contributed by atoms with van der Waals surface area (Å²) in [7, 11) is 1.82. The minimum atomic E-state index is -0.496. The van der Waals surface area contributed by atoms with Crippen LogP contribution in [0.25, 0.3) is 0 Å². The number of aryl methyl sites for hydroxylation is 1. The third-order valence-electron chi connectivity index (χ3n) is 2.61. The molecule has 130 valence electrons. The van der Waals surface area contributed by atoms with Gasteiger partial charge < -0.3 is 20.7 Å². The van der Waals surface area contributed by atoms with E-state index in [1.54, 1.807) is 4.68 Å². The number of alkyl carbamates (subject to hydrolysis) is 1. The normalized spacial score (nSPS) is 12.0. The van der Waals surface area contributed by atoms with Gasteiger partial charge >= 0.3 is 6.09 Å². The molecule has 0 aliphatic rings. The van der Waals surface area contributed by atoms with Crippen LogP contribution in [-0.2, 0) is 18.3 Å². The van der Waals surface area contributed by atoms with Gasteiger partial charge in [-0.05, 0) is 27.7 Å². The van der Waals surface area contributed by atoms with Gasteiger partial charge in [0.25, 0.3) is 0 Å². The largest absolute Gasteiger partial charge is 0.444 e. The van der Waals surface area contributed by atoms with Crippen molar-refractivity contribution in [3.8, 4) is 0 Å². The highest BCUT2D eigenvalue weighted by atomic mass is 16.6. The smallest absolute Gasteiger partial charge is 0.407 e. The molecule has 0 atom stereocenters. The lowest BCUT2D eigenvalue weighted by Crippen LogP contribution is -2.42. The first-order valence-electron chi connectivity index (χ1n) is 7.63. The summed E-state index contributed by atoms with van der Waals surface area (Å²) in [6.07, 6.45) is 1.07. The van der Waals surface area contributed by atoms with E-state index < -0.39 is 11.7 Å². The Morgan fingerprint density at radius 1 is 1.30 bits per heavy atom. The number of rotatable bonds is 6. The highest BCUT2D eigenvalue weighted by Crippen LogP contribution is 2.05. The predicted molar refractivity (Wildman–Crippen MR) is 88.1 cm³/mol. The predicted octanol–water partition coefficient (Wildman–Crippen LogP) is 0.395. The molecule has 0 aliphatic carbocycles. The number of amides is 1. The zero-order valence-corrected chi connectivity index (χ0v) is 14.5. The average Bonchev–Trinajstić information content (AvgIpc) is 2.84. The molecule has 1 heterocycles. The van der Waals surface area contributed by atoms with Gasteiger partial charge in [0.1, 0.15) is 24.3 Å². The summed E-state index contributed by atoms with van der Waals surface area (Å²) in [4.78, 5) is 20.1. The summed E-state index contributed by atoms with van der Waals surface area (Å²) in [6, 6.07) is 0. The lowest BCUT2D eigenvalue weighted by Gasteiger charge is -2.19. The summed E-state index contributed by atoms with van der Waals surface area (Å²) >= 11 is 0. The Morgan fingerprint density at radius 2 is 2.00 bits per heavy atom. The van der Waals surface area contributed by atoms with Gasteiger partial charge in [-0.3, -0.25) is 4.68 Å². The van der Waals surface area contributed by atoms with Gasteiger partial charge in [-0.2, -0.15) is 5.10 Å². The molecule has 0 unspecified atom stereocenters. The van der Waals surface area contributed by atoms with E-state index in [9.17, 15) is 4.79 Å². The first-order chi connectivity index (χ1) is 10.8. The molecule has 0 saturated heterocycles. The Balaban J connectivity index is 2.36. The molecule has 0 bridgehead atoms. The maximum absolute atomic E-state index is 11.5. The number of aromatic nitrogens is 3. The number of hydrogen-bond donors (Lipinski definition) is 3. The molecular weight excluding hydrogens is 298 g/mol. The Morgan fingerprint density at radius 3 is 2.57 bits per heavy atom. The quantitative estimate of drug-likeness (QED) is 0.397. The van der Waals surface area contributed by atoms with Crippen LogP contribution in [0, 0.1) is 0 Å². The monoisotopic (exact) mass is 325 g/mol. The number of nitrogens with one attached hydrogen (secondary N) is 3. The molecular formula is C14H27N7O2. The second-order valence-electron chi connectivity index (χ2n) is 5.85. The fraction of sp³-hybridized carbons (Fsp3) is 0.714. The molecule has 1 aromatic heterocycles. The van der Waals surface area contributed by atoms with E-state index in [4.69, 9.17) is 4.74 Å². The van der Waals surface area contributed by atoms with Crippen molar-refractivity contribution in [1.82, 2.24) is 30.7 Å². The van der Waals surface area contributed by atoms with Crippen molar-refractivity contribution in [3.05, 3.63) is 12.2 Å². The molecule has 23 heavy (non-hydrogen) atoms. The number of ether oxygens (including phenoxy) is 1. The van der Waals surface area contributed by atoms with Crippen molar-refractivity contribution in [2.75, 3.05) is 19.6 Å². The summed E-state index contributed by atoms with van der Waals surface area (Å²) in [5.74, 6) is 1.43. The van der Waals surface area contributed by atoms with Gasteiger partial charge in [-0.25, -0.2) is 14.8 Å². The Hall–Kier alpha value is -2.32. The minimum Gasteiger partial charge on any atom is -0.444 e. The van der Waals surface area contributed by atoms with Crippen LogP contribution in [0.2, 0.25) is 0 Å². The Bertz CT molecular complexity index is 519. The van der Waals surface area contributed by atoms with Crippen LogP contribution in [0.15, 0.2) is 11.3 Å². The molecule has 0 radical (unpaired) electrons. The van der Waals surface area contributed by atoms with Gasteiger partial charge in [0.2, 0.25) is 0 Å². The highest BCUT2D eigenvalue weighted by Gasteiger charge is 2.15. The fourth-order valence-electron chi connectivity index (χ4n) is 1.61. The number of nitrogens with zero attached hydrogens (tertiary/aromatic N) is 4. The topological polar surface area (TPSA) is 105 Å². The first-order valence-corrected chi connectivity index (χ1v) is 7.63. The molecule has 1 aromatic rings. The number of carbonyl (C=O) groups is 1. The van der Waals surface area contributed by atoms with E-state index >= 15 is 0 Å². The van der Waals surface area contributed by atoms with Gasteiger partial charge in [0.05, 0.1) is 0 Å². The molecule has 3 N–H and O–H groups in total. The molecule has 0 aromatic carbocycles. The van der Waals surface area contributed by atoms with E-state index in [0.717, 1.165) is 12.4 Å². The molecule has 9 heteroatoms. The van der Waals surface area contributed by atoms with Crippen LogP contribution in [-0.4, -0.2) is 52.1 Å². The van der Waals surface area contributed by atoms with Gasteiger partial charge in [0.15, 0.2) is 5.96 Å². The number of carbonyl (C=O) groups excluding carboxylic acids is 1. The SMILES string of the molecule is CCNC(=NCc1ncnn1C)NCCNC(=O)OC(C)(C)C. The van der Waals surface area contributed by atoms with E-state index in [1.807, 2.05) is 34.7 Å². The zero-order valence-electron chi connectivity index (χ0n) is 14.5. The fourth-order valence-corrected chi connectivity index (χ4v) is 1.61. The van der Waals surface area contributed by atoms with Crippen molar-refractivity contribution >= 4 is 12.1 Å². The van der Waals surface area contributed by atoms with Crippen molar-refractivity contribution in [3.63, 3.8) is 0 Å². The molecule has 1 amide bonds. The third kappa shape index (κ3) is 8.03. The highest BCUT2D eigenvalue weighted by molar-refractivity contribution is 5.79. The van der Waals surface area contributed by atoms with Crippen molar-refractivity contribution < 1.29 is 9.53 Å². The van der Waals surface area contributed by atoms with Crippen molar-refractivity contribution in [2.24, 2.45) is 12.0 Å². The van der Waals surface area contributed by atoms with Crippen molar-refractivity contribution in [2.45, 2.75) is 39.8 Å². The van der Waals surface area contributed by atoms with Crippen LogP contribution in [0.1, 0.15) is 33.5 Å². The second-order valence-corrected chi connectivity index (χ2v) is 5.85. The van der Waals surface area contributed by atoms with Crippen LogP contribution in [0.4, 0.5) is 4.79 Å². The maximum Gasteiger partial charge on any atom is 0.407 e. The summed E-state index contributed by atoms with van der Waals surface area (Å²) < 4.78 is 6.84. The molecule has 0 fully saturated rings. The number of aliphatic imine (C=N–C) groups is 1. The van der Waals surface area contributed by atoms with Gasteiger partial charge in [0, 0.05) is 26.7 Å². The summed E-state index contributed by atoms with van der Waals surface area (Å²) in [6.45, 7) is 9.59. The lowest BCUT2D eigenvalue weighted by atomic mass is 10.2. The number of guanidine groups is 1. The number of hydrogen-bond acceptors (Lipinski definition) is 5. The van der Waals surface area contributed by atoms with Gasteiger partial charge in [-0.15, -0.1) is 0 Å². The van der Waals surface area contributed by atoms with E-state index in [2.05, 4.69) is 31.0 Å². The maximum atomic E-state index is 11.5. The molecule has 0 spiro atoms. The zero-order chi connectivity index (χ0) is 17.3. The first kappa shape index (κ1) is 18.7. The second kappa shape index (κ2) is 8.96. The standard InChI is InChI=1S/C14H27N7O2/c1-6-15-12(18-9-11-19-10-20-21(11)5)16-7-8-17-13(22)23-14(2,3)4/h10H,6-9H2,1-5H3,(H,17,22)(H2,15,16,18). The van der Waals surface area contributed by atoms with E-state index in [1.165, 1.54) is 6.33 Å². The molecule has 1 rings (SSSR count). The van der Waals surface area contributed by atoms with Crippen LogP contribution in [0.5, 0.6) is 0 Å². The van der Waals surface area contributed by atoms with Crippen LogP contribution >= 0.6 is 0 Å². The van der Waals surface area contributed by atoms with E-state index in [0.29, 0.717) is 25.6 Å². The van der Waals surface area contributed by atoms with Gasteiger partial charge in [-0.1, -0.05) is 0 Å². The Labute approximate surface area is 136 Å². The van der Waals surface area contributed by atoms with E-state index in [-0.39, 0.29) is 0 Å². The van der Waals surface area contributed by atoms with Crippen LogP contribution in [0.3, 0.4) is 0 Å². The molecule has 0 aliphatic heterocycles. The third-order valence-corrected chi connectivity index (χ3v) is 2.61. The van der Waals surface area contributed by atoms with Crippen molar-refractivity contribution in [1.29, 1.82) is 0 Å². The average molecular weight is 325 g/mol. The minimum absolute atomic E-state index is 0.422. The summed E-state index contributed by atoms with van der Waals surface area (Å²) in [5, 5.41) is 12.9. The van der Waals surface area contributed by atoms with Crippen LogP contribution < -0.4 is 16.0 Å². The Kier molecular flexibility index (Phi) is 7.30. The lowest BCUT2D eigenvalue weighted by molar-refractivity contribution is 0.0529.